The van der Waals surface area contributed by atoms with Crippen LogP contribution in [0.25, 0.3) is 6.08 Å². The number of amides is 2. The van der Waals surface area contributed by atoms with Crippen molar-refractivity contribution < 1.29 is 19.1 Å². The zero-order valence-electron chi connectivity index (χ0n) is 14.1. The Bertz CT molecular complexity index is 609. The number of hydrogen-bond donors (Lipinski definition) is 2. The second-order valence-corrected chi connectivity index (χ2v) is 5.53. The van der Waals surface area contributed by atoms with Crippen molar-refractivity contribution in [2.75, 3.05) is 26.8 Å². The van der Waals surface area contributed by atoms with Gasteiger partial charge in [0.05, 0.1) is 13.7 Å². The van der Waals surface area contributed by atoms with Crippen LogP contribution in [0.5, 0.6) is 11.5 Å². The van der Waals surface area contributed by atoms with Gasteiger partial charge in [-0.3, -0.25) is 9.59 Å². The highest BCUT2D eigenvalue weighted by molar-refractivity contribution is 5.91. The summed E-state index contributed by atoms with van der Waals surface area (Å²) in [7, 11) is 1.59. The largest absolute Gasteiger partial charge is 0.493 e. The Morgan fingerprint density at radius 3 is 2.62 bits per heavy atom. The van der Waals surface area contributed by atoms with Crippen LogP contribution >= 0.6 is 0 Å². The van der Waals surface area contributed by atoms with Crippen LogP contribution < -0.4 is 20.1 Å². The van der Waals surface area contributed by atoms with Gasteiger partial charge in [-0.05, 0) is 43.5 Å². The fourth-order valence-electron chi connectivity index (χ4n) is 2.16. The molecule has 1 aliphatic carbocycles. The van der Waals surface area contributed by atoms with E-state index >= 15 is 0 Å². The van der Waals surface area contributed by atoms with Crippen molar-refractivity contribution in [3.8, 4) is 11.5 Å². The molecule has 6 nitrogen and oxygen atoms in total. The number of rotatable bonds is 9. The number of carbonyl (C=O) groups excluding carboxylic acids is 2. The molecule has 130 valence electrons. The third-order valence-corrected chi connectivity index (χ3v) is 3.59. The maximum Gasteiger partial charge on any atom is 0.244 e. The van der Waals surface area contributed by atoms with Crippen LogP contribution in [0, 0.1) is 5.92 Å². The van der Waals surface area contributed by atoms with Crippen molar-refractivity contribution in [3.63, 3.8) is 0 Å². The molecular weight excluding hydrogens is 308 g/mol. The Morgan fingerprint density at radius 2 is 1.96 bits per heavy atom. The molecule has 0 heterocycles. The van der Waals surface area contributed by atoms with E-state index in [0.717, 1.165) is 18.4 Å². The second kappa shape index (κ2) is 8.96. The minimum atomic E-state index is -0.204. The number of ether oxygens (including phenoxy) is 2. The highest BCUT2D eigenvalue weighted by Gasteiger charge is 2.28. The molecule has 2 N–H and O–H groups in total. The van der Waals surface area contributed by atoms with Crippen LogP contribution in [0.1, 0.15) is 25.3 Å². The van der Waals surface area contributed by atoms with Gasteiger partial charge in [0.1, 0.15) is 0 Å². The molecule has 1 aromatic carbocycles. The molecule has 2 rings (SSSR count). The quantitative estimate of drug-likeness (QED) is 0.533. The predicted octanol–water partition coefficient (Wildman–Crippen LogP) is 1.75. The smallest absolute Gasteiger partial charge is 0.244 e. The lowest BCUT2D eigenvalue weighted by Crippen LogP contribution is -2.34. The number of hydrogen-bond acceptors (Lipinski definition) is 4. The molecule has 0 spiro atoms. The number of nitrogens with one attached hydrogen (secondary N) is 2. The van der Waals surface area contributed by atoms with Gasteiger partial charge < -0.3 is 20.1 Å². The van der Waals surface area contributed by atoms with E-state index in [2.05, 4.69) is 10.6 Å². The molecule has 0 unspecified atom stereocenters. The summed E-state index contributed by atoms with van der Waals surface area (Å²) in [5.74, 6) is 1.37. The molecule has 1 saturated carbocycles. The molecule has 1 aliphatic rings. The van der Waals surface area contributed by atoms with Crippen LogP contribution in [0.4, 0.5) is 0 Å². The summed E-state index contributed by atoms with van der Waals surface area (Å²) >= 11 is 0. The van der Waals surface area contributed by atoms with E-state index < -0.39 is 0 Å². The van der Waals surface area contributed by atoms with Crippen LogP contribution in [-0.4, -0.2) is 38.6 Å². The van der Waals surface area contributed by atoms with Crippen LogP contribution in [-0.2, 0) is 9.59 Å². The molecule has 6 heteroatoms. The second-order valence-electron chi connectivity index (χ2n) is 5.53. The predicted molar refractivity (Wildman–Crippen MR) is 91.9 cm³/mol. The average Bonchev–Trinajstić information content (AvgIpc) is 3.42. The topological polar surface area (TPSA) is 76.7 Å². The summed E-state index contributed by atoms with van der Waals surface area (Å²) in [4.78, 5) is 23.2. The first-order valence-electron chi connectivity index (χ1n) is 8.18. The van der Waals surface area contributed by atoms with Crippen molar-refractivity contribution >= 4 is 17.9 Å². The fraction of sp³-hybridized carbons (Fsp3) is 0.444. The third-order valence-electron chi connectivity index (χ3n) is 3.59. The Morgan fingerprint density at radius 1 is 1.21 bits per heavy atom. The number of carbonyl (C=O) groups is 2. The van der Waals surface area contributed by atoms with Gasteiger partial charge in [0, 0.05) is 25.1 Å². The summed E-state index contributed by atoms with van der Waals surface area (Å²) in [6.07, 6.45) is 5.12. The number of benzene rings is 1. The Kier molecular flexibility index (Phi) is 6.66. The highest BCUT2D eigenvalue weighted by atomic mass is 16.5. The van der Waals surface area contributed by atoms with Crippen molar-refractivity contribution in [1.29, 1.82) is 0 Å². The van der Waals surface area contributed by atoms with Gasteiger partial charge >= 0.3 is 0 Å². The van der Waals surface area contributed by atoms with Gasteiger partial charge in [-0.1, -0.05) is 6.07 Å². The molecule has 0 atom stereocenters. The van der Waals surface area contributed by atoms with E-state index in [-0.39, 0.29) is 17.7 Å². The van der Waals surface area contributed by atoms with Crippen LogP contribution in [0.15, 0.2) is 24.3 Å². The van der Waals surface area contributed by atoms with Crippen molar-refractivity contribution in [1.82, 2.24) is 10.6 Å². The minimum Gasteiger partial charge on any atom is -0.493 e. The van der Waals surface area contributed by atoms with Gasteiger partial charge in [0.2, 0.25) is 11.8 Å². The van der Waals surface area contributed by atoms with E-state index in [0.29, 0.717) is 31.2 Å². The zero-order valence-corrected chi connectivity index (χ0v) is 14.1. The van der Waals surface area contributed by atoms with Crippen molar-refractivity contribution in [2.24, 2.45) is 5.92 Å². The minimum absolute atomic E-state index is 0.0847. The third kappa shape index (κ3) is 5.61. The van der Waals surface area contributed by atoms with E-state index in [9.17, 15) is 9.59 Å². The molecular formula is C18H24N2O4. The summed E-state index contributed by atoms with van der Waals surface area (Å²) < 4.78 is 10.7. The molecule has 0 bridgehead atoms. The molecule has 2 amide bonds. The van der Waals surface area contributed by atoms with E-state index in [1.807, 2.05) is 19.1 Å². The Hall–Kier alpha value is -2.50. The van der Waals surface area contributed by atoms with E-state index in [4.69, 9.17) is 9.47 Å². The molecule has 24 heavy (non-hydrogen) atoms. The first-order chi connectivity index (χ1) is 11.6. The standard InChI is InChI=1S/C18H24N2O4/c1-3-24-16-12-13(4-8-15(16)23-2)5-9-17(21)19-10-11-20-18(22)14-6-7-14/h4-5,8-9,12,14H,3,6-7,10-11H2,1-2H3,(H,19,21)(H,20,22)/b9-5+. The fourth-order valence-corrected chi connectivity index (χ4v) is 2.16. The summed E-state index contributed by atoms with van der Waals surface area (Å²) in [6.45, 7) is 3.30. The summed E-state index contributed by atoms with van der Waals surface area (Å²) in [5, 5.41) is 5.53. The normalized spacial score (nSPS) is 13.6. The van der Waals surface area contributed by atoms with E-state index in [1.54, 1.807) is 19.3 Å². The van der Waals surface area contributed by atoms with Crippen LogP contribution in [0.3, 0.4) is 0 Å². The van der Waals surface area contributed by atoms with Crippen molar-refractivity contribution in [2.45, 2.75) is 19.8 Å². The lowest BCUT2D eigenvalue weighted by atomic mass is 10.2. The number of methoxy groups -OCH3 is 1. The molecule has 0 aromatic heterocycles. The maximum atomic E-state index is 11.8. The average molecular weight is 332 g/mol. The molecule has 0 saturated heterocycles. The van der Waals surface area contributed by atoms with Crippen molar-refractivity contribution in [3.05, 3.63) is 29.8 Å². The molecule has 1 aromatic rings. The van der Waals surface area contributed by atoms with Gasteiger partial charge in [-0.2, -0.15) is 0 Å². The van der Waals surface area contributed by atoms with E-state index in [1.165, 1.54) is 6.08 Å². The summed E-state index contributed by atoms with van der Waals surface area (Å²) in [6, 6.07) is 5.47. The molecule has 0 aliphatic heterocycles. The Balaban J connectivity index is 1.77. The zero-order chi connectivity index (χ0) is 17.4. The highest BCUT2D eigenvalue weighted by Crippen LogP contribution is 2.29. The van der Waals surface area contributed by atoms with Gasteiger partial charge in [0.15, 0.2) is 11.5 Å². The Labute approximate surface area is 142 Å². The lowest BCUT2D eigenvalue weighted by Gasteiger charge is -2.09. The lowest BCUT2D eigenvalue weighted by molar-refractivity contribution is -0.122. The molecule has 0 radical (unpaired) electrons. The van der Waals surface area contributed by atoms with Crippen LogP contribution in [0.2, 0.25) is 0 Å². The maximum absolute atomic E-state index is 11.8. The first kappa shape index (κ1) is 17.8. The van der Waals surface area contributed by atoms with Gasteiger partial charge in [-0.25, -0.2) is 0 Å². The van der Waals surface area contributed by atoms with Gasteiger partial charge in [-0.15, -0.1) is 0 Å². The SMILES string of the molecule is CCOc1cc(/C=C/C(=O)NCCNC(=O)C2CC2)ccc1OC. The molecule has 1 fully saturated rings. The van der Waals surface area contributed by atoms with Gasteiger partial charge in [0.25, 0.3) is 0 Å². The summed E-state index contributed by atoms with van der Waals surface area (Å²) in [5.41, 5.74) is 0.844. The first-order valence-corrected chi connectivity index (χ1v) is 8.18. The monoisotopic (exact) mass is 332 g/mol.